The molecule has 0 unspecified atom stereocenters. The molecular weight excluding hydrogens is 266 g/mol. The molecule has 0 aliphatic heterocycles. The average Bonchev–Trinajstić information content (AvgIpc) is 2.28. The Morgan fingerprint density at radius 1 is 1.44 bits per heavy atom. The number of carbonyl (C=O) groups is 1. The van der Waals surface area contributed by atoms with E-state index in [9.17, 15) is 4.79 Å². The van der Waals surface area contributed by atoms with E-state index < -0.39 is 0 Å². The van der Waals surface area contributed by atoms with Crippen LogP contribution in [0.3, 0.4) is 0 Å². The number of rotatable bonds is 4. The number of halogens is 1. The second-order valence-electron chi connectivity index (χ2n) is 3.29. The van der Waals surface area contributed by atoms with Gasteiger partial charge in [-0.3, -0.25) is 4.79 Å². The minimum Gasteiger partial charge on any atom is -0.355 e. The van der Waals surface area contributed by atoms with Gasteiger partial charge < -0.3 is 5.32 Å². The molecule has 0 spiro atoms. The first-order valence-electron chi connectivity index (χ1n) is 5.13. The molecule has 0 heterocycles. The van der Waals surface area contributed by atoms with Gasteiger partial charge in [0.2, 0.25) is 5.91 Å². The monoisotopic (exact) mass is 279 g/mol. The van der Waals surface area contributed by atoms with Crippen LogP contribution in [0.2, 0.25) is 0 Å². The average molecular weight is 280 g/mol. The van der Waals surface area contributed by atoms with Crippen molar-refractivity contribution in [3.8, 4) is 11.8 Å². The van der Waals surface area contributed by atoms with Crippen LogP contribution in [0, 0.1) is 11.8 Å². The third-order valence-electron chi connectivity index (χ3n) is 2.06. The van der Waals surface area contributed by atoms with Gasteiger partial charge in [0.25, 0.3) is 0 Å². The molecule has 0 radical (unpaired) electrons. The summed E-state index contributed by atoms with van der Waals surface area (Å²) in [6.07, 6.45) is 1.11. The first-order chi connectivity index (χ1) is 7.74. The summed E-state index contributed by atoms with van der Waals surface area (Å²) in [5, 5.41) is 2.83. The van der Waals surface area contributed by atoms with Crippen LogP contribution in [-0.2, 0) is 11.2 Å². The van der Waals surface area contributed by atoms with E-state index in [4.69, 9.17) is 0 Å². The third-order valence-corrected chi connectivity index (χ3v) is 2.83. The first kappa shape index (κ1) is 12.8. The highest BCUT2D eigenvalue weighted by molar-refractivity contribution is 9.10. The Morgan fingerprint density at radius 3 is 2.88 bits per heavy atom. The highest BCUT2D eigenvalue weighted by atomic mass is 79.9. The molecule has 1 amide bonds. The van der Waals surface area contributed by atoms with Crippen LogP contribution in [0.4, 0.5) is 0 Å². The van der Waals surface area contributed by atoms with E-state index in [-0.39, 0.29) is 5.91 Å². The van der Waals surface area contributed by atoms with Crippen LogP contribution in [0.25, 0.3) is 0 Å². The zero-order valence-corrected chi connectivity index (χ0v) is 10.8. The first-order valence-corrected chi connectivity index (χ1v) is 5.93. The van der Waals surface area contributed by atoms with Crippen molar-refractivity contribution in [3.63, 3.8) is 0 Å². The summed E-state index contributed by atoms with van der Waals surface area (Å²) in [7, 11) is 0. The number of carbonyl (C=O) groups excluding carboxylic acids is 1. The van der Waals surface area contributed by atoms with Gasteiger partial charge in [-0.15, -0.1) is 11.8 Å². The van der Waals surface area contributed by atoms with Crippen molar-refractivity contribution in [3.05, 3.63) is 34.3 Å². The van der Waals surface area contributed by atoms with Gasteiger partial charge in [0.1, 0.15) is 0 Å². The molecule has 0 aromatic heterocycles. The zero-order chi connectivity index (χ0) is 11.8. The molecule has 0 aliphatic rings. The van der Waals surface area contributed by atoms with Gasteiger partial charge >= 0.3 is 0 Å². The van der Waals surface area contributed by atoms with Crippen LogP contribution in [0.15, 0.2) is 28.7 Å². The van der Waals surface area contributed by atoms with Crippen molar-refractivity contribution >= 4 is 21.8 Å². The Kier molecular flexibility index (Phi) is 5.66. The van der Waals surface area contributed by atoms with E-state index in [1.165, 1.54) is 0 Å². The molecule has 0 saturated heterocycles. The van der Waals surface area contributed by atoms with Crippen molar-refractivity contribution in [2.75, 3.05) is 6.54 Å². The maximum Gasteiger partial charge on any atom is 0.224 e. The molecule has 0 atom stereocenters. The number of benzene rings is 1. The predicted octanol–water partition coefficient (Wildman–Crippen LogP) is 2.52. The summed E-state index contributed by atoms with van der Waals surface area (Å²) in [4.78, 5) is 11.5. The van der Waals surface area contributed by atoms with Crippen molar-refractivity contribution in [2.24, 2.45) is 0 Å². The number of nitrogens with one attached hydrogen (secondary N) is 1. The number of hydrogen-bond donors (Lipinski definition) is 1. The SMILES string of the molecule is CC#CCCNC(=O)Cc1ccccc1Br. The lowest BCUT2D eigenvalue weighted by atomic mass is 10.1. The largest absolute Gasteiger partial charge is 0.355 e. The van der Waals surface area contributed by atoms with E-state index in [1.54, 1.807) is 6.92 Å². The van der Waals surface area contributed by atoms with E-state index in [2.05, 4.69) is 33.1 Å². The molecule has 1 rings (SSSR count). The smallest absolute Gasteiger partial charge is 0.224 e. The van der Waals surface area contributed by atoms with E-state index >= 15 is 0 Å². The molecule has 3 heteroatoms. The lowest BCUT2D eigenvalue weighted by molar-refractivity contribution is -0.120. The lowest BCUT2D eigenvalue weighted by Crippen LogP contribution is -2.25. The summed E-state index contributed by atoms with van der Waals surface area (Å²) >= 11 is 3.42. The van der Waals surface area contributed by atoms with Gasteiger partial charge in [-0.25, -0.2) is 0 Å². The fourth-order valence-corrected chi connectivity index (χ4v) is 1.69. The fourth-order valence-electron chi connectivity index (χ4n) is 1.27. The fraction of sp³-hybridized carbons (Fsp3) is 0.308. The van der Waals surface area contributed by atoms with Gasteiger partial charge in [-0.2, -0.15) is 0 Å². The van der Waals surface area contributed by atoms with Crippen molar-refractivity contribution < 1.29 is 4.79 Å². The maximum atomic E-state index is 11.5. The Morgan fingerprint density at radius 2 is 2.19 bits per heavy atom. The highest BCUT2D eigenvalue weighted by Crippen LogP contribution is 2.15. The molecule has 0 saturated carbocycles. The van der Waals surface area contributed by atoms with Crippen molar-refractivity contribution in [1.82, 2.24) is 5.32 Å². The van der Waals surface area contributed by atoms with Gasteiger partial charge in [0.05, 0.1) is 6.42 Å². The second kappa shape index (κ2) is 7.08. The van der Waals surface area contributed by atoms with E-state index in [1.807, 2.05) is 24.3 Å². The van der Waals surface area contributed by atoms with Crippen LogP contribution in [-0.4, -0.2) is 12.5 Å². The van der Waals surface area contributed by atoms with Crippen LogP contribution >= 0.6 is 15.9 Å². The number of amides is 1. The highest BCUT2D eigenvalue weighted by Gasteiger charge is 2.04. The quantitative estimate of drug-likeness (QED) is 0.666. The Bertz CT molecular complexity index is 417. The zero-order valence-electron chi connectivity index (χ0n) is 9.22. The van der Waals surface area contributed by atoms with E-state index in [0.29, 0.717) is 19.4 Å². The topological polar surface area (TPSA) is 29.1 Å². The van der Waals surface area contributed by atoms with Gasteiger partial charge in [-0.1, -0.05) is 34.1 Å². The second-order valence-corrected chi connectivity index (χ2v) is 4.15. The molecular formula is C13H14BrNO. The molecule has 1 aromatic carbocycles. The summed E-state index contributed by atoms with van der Waals surface area (Å²) < 4.78 is 0.971. The van der Waals surface area contributed by atoms with E-state index in [0.717, 1.165) is 10.0 Å². The van der Waals surface area contributed by atoms with Gasteiger partial charge in [-0.05, 0) is 18.6 Å². The minimum absolute atomic E-state index is 0.0322. The number of hydrogen-bond acceptors (Lipinski definition) is 1. The minimum atomic E-state index is 0.0322. The standard InChI is InChI=1S/C13H14BrNO/c1-2-3-6-9-15-13(16)10-11-7-4-5-8-12(11)14/h4-5,7-8H,6,9-10H2,1H3,(H,15,16). The molecule has 0 bridgehead atoms. The lowest BCUT2D eigenvalue weighted by Gasteiger charge is -2.04. The van der Waals surface area contributed by atoms with Crippen molar-refractivity contribution in [1.29, 1.82) is 0 Å². The normalized spacial score (nSPS) is 9.12. The molecule has 1 aromatic rings. The summed E-state index contributed by atoms with van der Waals surface area (Å²) in [5.41, 5.74) is 1.00. The summed E-state index contributed by atoms with van der Waals surface area (Å²) in [6.45, 7) is 2.41. The Balaban J connectivity index is 2.39. The molecule has 84 valence electrons. The van der Waals surface area contributed by atoms with Crippen LogP contribution < -0.4 is 5.32 Å². The molecule has 0 aliphatic carbocycles. The summed E-state index contributed by atoms with van der Waals surface area (Å²) in [6, 6.07) is 7.74. The van der Waals surface area contributed by atoms with Crippen LogP contribution in [0.1, 0.15) is 18.9 Å². The summed E-state index contributed by atoms with van der Waals surface area (Å²) in [5.74, 6) is 5.73. The maximum absolute atomic E-state index is 11.5. The Hall–Kier alpha value is -1.27. The molecule has 1 N–H and O–H groups in total. The molecule has 16 heavy (non-hydrogen) atoms. The van der Waals surface area contributed by atoms with Crippen LogP contribution in [0.5, 0.6) is 0 Å². The van der Waals surface area contributed by atoms with Gasteiger partial charge in [0.15, 0.2) is 0 Å². The molecule has 0 fully saturated rings. The third kappa shape index (κ3) is 4.50. The predicted molar refractivity (Wildman–Crippen MR) is 68.9 cm³/mol. The van der Waals surface area contributed by atoms with Crippen molar-refractivity contribution in [2.45, 2.75) is 19.8 Å². The molecule has 2 nitrogen and oxygen atoms in total. The Labute approximate surface area is 105 Å². The van der Waals surface area contributed by atoms with Gasteiger partial charge in [0, 0.05) is 17.4 Å².